The van der Waals surface area contributed by atoms with Crippen LogP contribution >= 0.6 is 0 Å². The first kappa shape index (κ1) is 33.6. The molecule has 2 heterocycles. The zero-order valence-corrected chi connectivity index (χ0v) is 31.5. The Hall–Kier alpha value is -7.75. The predicted molar refractivity (Wildman–Crippen MR) is 242 cm³/mol. The molecule has 0 atom stereocenters. The number of benzene rings is 9. The minimum atomic E-state index is 0.682. The van der Waals surface area contributed by atoms with Crippen LogP contribution in [-0.2, 0) is 0 Å². The highest BCUT2D eigenvalue weighted by molar-refractivity contribution is 6.25. The van der Waals surface area contributed by atoms with E-state index in [1.165, 1.54) is 54.2 Å². The van der Waals surface area contributed by atoms with Gasteiger partial charge in [0.15, 0.2) is 5.82 Å². The van der Waals surface area contributed by atoms with Crippen molar-refractivity contribution < 1.29 is 0 Å². The highest BCUT2D eigenvalue weighted by Gasteiger charge is 2.14. The van der Waals surface area contributed by atoms with E-state index in [2.05, 4.69) is 199 Å². The summed E-state index contributed by atoms with van der Waals surface area (Å²) in [7, 11) is 0. The first-order valence-electron chi connectivity index (χ1n) is 19.7. The molecule has 0 saturated carbocycles. The second-order valence-electron chi connectivity index (χ2n) is 14.8. The fourth-order valence-electron chi connectivity index (χ4n) is 8.46. The van der Waals surface area contributed by atoms with E-state index >= 15 is 0 Å². The lowest BCUT2D eigenvalue weighted by Gasteiger charge is -2.13. The number of aromatic nitrogens is 3. The quantitative estimate of drug-likeness (QED) is 0.160. The number of pyridine rings is 1. The van der Waals surface area contributed by atoms with Crippen molar-refractivity contribution in [1.82, 2.24) is 15.0 Å². The van der Waals surface area contributed by atoms with Crippen molar-refractivity contribution in [3.63, 3.8) is 0 Å². The number of rotatable bonds is 6. The summed E-state index contributed by atoms with van der Waals surface area (Å²) in [5.41, 5.74) is 11.6. The van der Waals surface area contributed by atoms with Crippen LogP contribution in [0.15, 0.2) is 213 Å². The van der Waals surface area contributed by atoms with Gasteiger partial charge in [0.2, 0.25) is 0 Å². The topological polar surface area (TPSA) is 38.7 Å². The highest BCUT2D eigenvalue weighted by Crippen LogP contribution is 2.38. The number of nitrogens with zero attached hydrogens (tertiary/aromatic N) is 3. The van der Waals surface area contributed by atoms with Crippen molar-refractivity contribution in [3.8, 4) is 67.3 Å². The minimum absolute atomic E-state index is 0.682. The lowest BCUT2D eigenvalue weighted by atomic mass is 9.92. The van der Waals surface area contributed by atoms with Crippen molar-refractivity contribution in [2.45, 2.75) is 0 Å². The summed E-state index contributed by atoms with van der Waals surface area (Å²) >= 11 is 0. The lowest BCUT2D eigenvalue weighted by molar-refractivity contribution is 1.18. The van der Waals surface area contributed by atoms with E-state index in [4.69, 9.17) is 9.97 Å². The molecule has 0 aliphatic heterocycles. The molecule has 3 nitrogen and oxygen atoms in total. The van der Waals surface area contributed by atoms with Crippen molar-refractivity contribution >= 4 is 43.1 Å². The minimum Gasteiger partial charge on any atom is -0.264 e. The Balaban J connectivity index is 1.01. The molecule has 0 aliphatic rings. The molecule has 11 aromatic rings. The second-order valence-corrected chi connectivity index (χ2v) is 14.8. The monoisotopic (exact) mass is 737 g/mol. The second kappa shape index (κ2) is 14.1. The molecule has 11 rings (SSSR count). The normalized spacial score (nSPS) is 11.4. The van der Waals surface area contributed by atoms with E-state index in [1.807, 2.05) is 12.3 Å². The van der Waals surface area contributed by atoms with Crippen LogP contribution in [0.4, 0.5) is 0 Å². The summed E-state index contributed by atoms with van der Waals surface area (Å²) < 4.78 is 0. The van der Waals surface area contributed by atoms with Crippen LogP contribution in [-0.4, -0.2) is 15.0 Å². The van der Waals surface area contributed by atoms with E-state index in [0.29, 0.717) is 5.82 Å². The maximum absolute atomic E-state index is 5.25. The standard InChI is InChI=1S/C55H35N3/c1-2-15-45-38(10-1)11-8-20-46(45)42-12-7-13-43(32-42)54-34-53(39-25-21-37(22-26-39)44-14-9-31-56-35-44)57-55(58-54)40-27-23-36(24-28-40)41-29-30-51-49-18-4-3-16-47(49)48-17-5-6-19-50(48)52(51)33-41/h1-35H. The van der Waals surface area contributed by atoms with Gasteiger partial charge in [-0.25, -0.2) is 9.97 Å². The lowest BCUT2D eigenvalue weighted by Crippen LogP contribution is -1.96. The molecule has 0 aliphatic carbocycles. The van der Waals surface area contributed by atoms with Crippen LogP contribution in [0.2, 0.25) is 0 Å². The Bertz CT molecular complexity index is 3270. The van der Waals surface area contributed by atoms with Gasteiger partial charge in [-0.15, -0.1) is 0 Å². The molecule has 2 aromatic heterocycles. The first-order valence-corrected chi connectivity index (χ1v) is 19.7. The van der Waals surface area contributed by atoms with Gasteiger partial charge in [0, 0.05) is 29.1 Å². The summed E-state index contributed by atoms with van der Waals surface area (Å²) in [5.74, 6) is 0.682. The third-order valence-corrected chi connectivity index (χ3v) is 11.4. The zero-order chi connectivity index (χ0) is 38.4. The van der Waals surface area contributed by atoms with Gasteiger partial charge in [-0.2, -0.15) is 0 Å². The molecule has 0 N–H and O–H groups in total. The number of fused-ring (bicyclic) bond motifs is 7. The molecule has 0 spiro atoms. The van der Waals surface area contributed by atoms with E-state index in [9.17, 15) is 0 Å². The van der Waals surface area contributed by atoms with Crippen molar-refractivity contribution in [3.05, 3.63) is 213 Å². The van der Waals surface area contributed by atoms with Crippen LogP contribution in [0, 0.1) is 0 Å². The number of hydrogen-bond acceptors (Lipinski definition) is 3. The highest BCUT2D eigenvalue weighted by atomic mass is 14.9. The molecule has 0 amide bonds. The largest absolute Gasteiger partial charge is 0.264 e. The summed E-state index contributed by atoms with van der Waals surface area (Å²) in [6.45, 7) is 0. The van der Waals surface area contributed by atoms with Crippen molar-refractivity contribution in [1.29, 1.82) is 0 Å². The molecule has 9 aromatic carbocycles. The fourth-order valence-corrected chi connectivity index (χ4v) is 8.46. The molecule has 0 unspecified atom stereocenters. The summed E-state index contributed by atoms with van der Waals surface area (Å²) in [5, 5.41) is 10.1. The van der Waals surface area contributed by atoms with Crippen LogP contribution in [0.5, 0.6) is 0 Å². The van der Waals surface area contributed by atoms with Gasteiger partial charge in [-0.3, -0.25) is 4.98 Å². The van der Waals surface area contributed by atoms with E-state index in [0.717, 1.165) is 50.3 Å². The van der Waals surface area contributed by atoms with Gasteiger partial charge in [0.1, 0.15) is 0 Å². The molecular weight excluding hydrogens is 703 g/mol. The van der Waals surface area contributed by atoms with Crippen LogP contribution in [0.3, 0.4) is 0 Å². The number of hydrogen-bond donors (Lipinski definition) is 0. The van der Waals surface area contributed by atoms with Gasteiger partial charge in [0.05, 0.1) is 11.4 Å². The van der Waals surface area contributed by atoms with Gasteiger partial charge in [-0.1, -0.05) is 176 Å². The Morgan fingerprint density at radius 2 is 0.793 bits per heavy atom. The molecule has 0 fully saturated rings. The molecule has 0 bridgehead atoms. The molecular formula is C55H35N3. The maximum atomic E-state index is 5.25. The average Bonchev–Trinajstić information content (AvgIpc) is 3.31. The van der Waals surface area contributed by atoms with Crippen LogP contribution < -0.4 is 0 Å². The molecule has 270 valence electrons. The van der Waals surface area contributed by atoms with Gasteiger partial charge >= 0.3 is 0 Å². The third-order valence-electron chi connectivity index (χ3n) is 11.4. The van der Waals surface area contributed by atoms with E-state index < -0.39 is 0 Å². The van der Waals surface area contributed by atoms with Gasteiger partial charge < -0.3 is 0 Å². The molecule has 58 heavy (non-hydrogen) atoms. The first-order chi connectivity index (χ1) is 28.7. The Kier molecular flexibility index (Phi) is 8.15. The third kappa shape index (κ3) is 5.98. The average molecular weight is 738 g/mol. The van der Waals surface area contributed by atoms with Crippen LogP contribution in [0.25, 0.3) is 110 Å². The Morgan fingerprint density at radius 1 is 0.276 bits per heavy atom. The molecule has 0 saturated heterocycles. The summed E-state index contributed by atoms with van der Waals surface area (Å²) in [6, 6.07) is 71.5. The Labute approximate surface area is 336 Å². The predicted octanol–water partition coefficient (Wildman–Crippen LogP) is 14.5. The maximum Gasteiger partial charge on any atom is 0.160 e. The molecule has 0 radical (unpaired) electrons. The SMILES string of the molecule is c1cncc(-c2ccc(-c3cc(-c4cccc(-c5cccc6ccccc56)c4)nc(-c4ccc(-c5ccc6c7ccccc7c7ccccc7c6c5)cc4)n3)cc2)c1. The summed E-state index contributed by atoms with van der Waals surface area (Å²) in [4.78, 5) is 14.8. The molecule has 3 heteroatoms. The van der Waals surface area contributed by atoms with Crippen molar-refractivity contribution in [2.24, 2.45) is 0 Å². The van der Waals surface area contributed by atoms with Gasteiger partial charge in [-0.05, 0) is 101 Å². The Morgan fingerprint density at radius 3 is 1.50 bits per heavy atom. The smallest absolute Gasteiger partial charge is 0.160 e. The fraction of sp³-hybridized carbons (Fsp3) is 0. The van der Waals surface area contributed by atoms with E-state index in [1.54, 1.807) is 6.20 Å². The van der Waals surface area contributed by atoms with Crippen LogP contribution in [0.1, 0.15) is 0 Å². The van der Waals surface area contributed by atoms with Crippen molar-refractivity contribution in [2.75, 3.05) is 0 Å². The van der Waals surface area contributed by atoms with E-state index in [-0.39, 0.29) is 0 Å². The summed E-state index contributed by atoms with van der Waals surface area (Å²) in [6.07, 6.45) is 3.69. The zero-order valence-electron chi connectivity index (χ0n) is 31.5. The van der Waals surface area contributed by atoms with Gasteiger partial charge in [0.25, 0.3) is 0 Å².